The van der Waals surface area contributed by atoms with Crippen LogP contribution in [0.25, 0.3) is 6.08 Å². The summed E-state index contributed by atoms with van der Waals surface area (Å²) in [5.74, 6) is -0.170. The van der Waals surface area contributed by atoms with Crippen molar-refractivity contribution in [3.05, 3.63) is 65.2 Å². The van der Waals surface area contributed by atoms with E-state index in [9.17, 15) is 9.59 Å². The number of esters is 1. The number of rotatable bonds is 7. The summed E-state index contributed by atoms with van der Waals surface area (Å²) in [5, 5.41) is 2.77. The number of anilines is 1. The molecule has 0 heterocycles. The predicted molar refractivity (Wildman–Crippen MR) is 102 cm³/mol. The average Bonchev–Trinajstić information content (AvgIpc) is 2.63. The monoisotopic (exact) mass is 353 g/mol. The fraction of sp³-hybridized carbons (Fsp3) is 0.238. The van der Waals surface area contributed by atoms with Gasteiger partial charge in [0.15, 0.2) is 6.61 Å². The summed E-state index contributed by atoms with van der Waals surface area (Å²) in [6.07, 6.45) is 2.92. The van der Waals surface area contributed by atoms with E-state index in [1.807, 2.05) is 63.2 Å². The van der Waals surface area contributed by atoms with E-state index >= 15 is 0 Å². The molecule has 26 heavy (non-hydrogen) atoms. The van der Waals surface area contributed by atoms with Gasteiger partial charge < -0.3 is 14.8 Å². The Labute approximate surface area is 153 Å². The van der Waals surface area contributed by atoms with Gasteiger partial charge >= 0.3 is 5.97 Å². The molecule has 1 N–H and O–H groups in total. The van der Waals surface area contributed by atoms with E-state index in [1.54, 1.807) is 6.08 Å². The van der Waals surface area contributed by atoms with Crippen LogP contribution in [0.1, 0.15) is 23.6 Å². The number of hydrogen-bond acceptors (Lipinski definition) is 4. The van der Waals surface area contributed by atoms with E-state index in [0.29, 0.717) is 6.61 Å². The summed E-state index contributed by atoms with van der Waals surface area (Å²) in [6.45, 7) is 6.01. The number of nitrogens with one attached hydrogen (secondary N) is 1. The number of carbonyl (C=O) groups is 2. The van der Waals surface area contributed by atoms with Gasteiger partial charge in [0, 0.05) is 11.8 Å². The summed E-state index contributed by atoms with van der Waals surface area (Å²) in [7, 11) is 0. The first-order valence-corrected chi connectivity index (χ1v) is 8.43. The molecule has 0 radical (unpaired) electrons. The van der Waals surface area contributed by atoms with Gasteiger partial charge in [-0.1, -0.05) is 30.3 Å². The molecular weight excluding hydrogens is 330 g/mol. The lowest BCUT2D eigenvalue weighted by Gasteiger charge is -2.11. The smallest absolute Gasteiger partial charge is 0.331 e. The second-order valence-electron chi connectivity index (χ2n) is 5.76. The molecule has 2 rings (SSSR count). The zero-order valence-electron chi connectivity index (χ0n) is 15.2. The molecule has 0 aromatic heterocycles. The molecule has 0 atom stereocenters. The minimum absolute atomic E-state index is 0.333. The summed E-state index contributed by atoms with van der Waals surface area (Å²) in [4.78, 5) is 23.7. The van der Waals surface area contributed by atoms with Gasteiger partial charge in [-0.3, -0.25) is 4.79 Å². The van der Waals surface area contributed by atoms with Crippen molar-refractivity contribution in [3.63, 3.8) is 0 Å². The zero-order chi connectivity index (χ0) is 18.9. The molecule has 0 bridgehead atoms. The molecule has 0 spiro atoms. The van der Waals surface area contributed by atoms with Crippen molar-refractivity contribution in [2.75, 3.05) is 18.5 Å². The van der Waals surface area contributed by atoms with Crippen LogP contribution in [0.15, 0.2) is 48.5 Å². The maximum absolute atomic E-state index is 12.0. The van der Waals surface area contributed by atoms with Crippen LogP contribution in [0.3, 0.4) is 0 Å². The van der Waals surface area contributed by atoms with E-state index in [1.165, 1.54) is 6.08 Å². The summed E-state index contributed by atoms with van der Waals surface area (Å²) in [5.41, 5.74) is 3.50. The molecule has 1 amide bonds. The maximum atomic E-state index is 12.0. The number of para-hydroxylation sites is 1. The Morgan fingerprint density at radius 1 is 1.04 bits per heavy atom. The van der Waals surface area contributed by atoms with Crippen LogP contribution in [0.2, 0.25) is 0 Å². The van der Waals surface area contributed by atoms with Crippen LogP contribution in [0, 0.1) is 13.8 Å². The Kier molecular flexibility index (Phi) is 6.97. The highest BCUT2D eigenvalue weighted by Gasteiger charge is 2.09. The third-order valence-electron chi connectivity index (χ3n) is 3.69. The first-order chi connectivity index (χ1) is 12.5. The SMILES string of the molecule is CCOc1ccc(/C=C/C(=O)OCC(=O)Nc2c(C)cccc2C)cc1. The third kappa shape index (κ3) is 5.77. The molecule has 5 heteroatoms. The average molecular weight is 353 g/mol. The van der Waals surface area contributed by atoms with Crippen molar-refractivity contribution >= 4 is 23.6 Å². The molecule has 0 aliphatic heterocycles. The predicted octanol–water partition coefficient (Wildman–Crippen LogP) is 3.90. The normalized spacial score (nSPS) is 10.6. The minimum Gasteiger partial charge on any atom is -0.494 e. The molecule has 2 aromatic rings. The van der Waals surface area contributed by atoms with Gasteiger partial charge in [0.1, 0.15) is 5.75 Å². The van der Waals surface area contributed by atoms with Crippen molar-refractivity contribution in [3.8, 4) is 5.75 Å². The minimum atomic E-state index is -0.574. The lowest BCUT2D eigenvalue weighted by molar-refractivity contribution is -0.142. The first-order valence-electron chi connectivity index (χ1n) is 8.43. The number of hydrogen-bond donors (Lipinski definition) is 1. The Morgan fingerprint density at radius 3 is 2.31 bits per heavy atom. The molecule has 0 saturated heterocycles. The van der Waals surface area contributed by atoms with Gasteiger partial charge in [0.05, 0.1) is 6.61 Å². The van der Waals surface area contributed by atoms with E-state index < -0.39 is 5.97 Å². The van der Waals surface area contributed by atoms with Gasteiger partial charge in [-0.05, 0) is 55.7 Å². The van der Waals surface area contributed by atoms with Crippen molar-refractivity contribution in [2.24, 2.45) is 0 Å². The molecule has 0 aliphatic rings. The van der Waals surface area contributed by atoms with Crippen LogP contribution >= 0.6 is 0 Å². The molecular formula is C21H23NO4. The molecule has 2 aromatic carbocycles. The van der Waals surface area contributed by atoms with Gasteiger partial charge in [-0.25, -0.2) is 4.79 Å². The van der Waals surface area contributed by atoms with Crippen LogP contribution in [-0.4, -0.2) is 25.1 Å². The van der Waals surface area contributed by atoms with Gasteiger partial charge in [0.25, 0.3) is 5.91 Å². The van der Waals surface area contributed by atoms with Gasteiger partial charge in [-0.2, -0.15) is 0 Å². The maximum Gasteiger partial charge on any atom is 0.331 e. The highest BCUT2D eigenvalue weighted by atomic mass is 16.5. The molecule has 136 valence electrons. The van der Waals surface area contributed by atoms with Crippen molar-refractivity contribution in [1.29, 1.82) is 0 Å². The lowest BCUT2D eigenvalue weighted by atomic mass is 10.1. The van der Waals surface area contributed by atoms with Crippen LogP contribution in [0.5, 0.6) is 5.75 Å². The van der Waals surface area contributed by atoms with Gasteiger partial charge in [0.2, 0.25) is 0 Å². The van der Waals surface area contributed by atoms with E-state index in [2.05, 4.69) is 5.32 Å². The van der Waals surface area contributed by atoms with Crippen LogP contribution in [0.4, 0.5) is 5.69 Å². The largest absolute Gasteiger partial charge is 0.494 e. The third-order valence-corrected chi connectivity index (χ3v) is 3.69. The Bertz CT molecular complexity index is 774. The second-order valence-corrected chi connectivity index (χ2v) is 5.76. The second kappa shape index (κ2) is 9.42. The Morgan fingerprint density at radius 2 is 1.69 bits per heavy atom. The number of amides is 1. The van der Waals surface area contributed by atoms with Crippen LogP contribution < -0.4 is 10.1 Å². The number of benzene rings is 2. The van der Waals surface area contributed by atoms with Crippen molar-refractivity contribution in [1.82, 2.24) is 0 Å². The first kappa shape index (κ1) is 19.2. The van der Waals surface area contributed by atoms with E-state index in [4.69, 9.17) is 9.47 Å². The zero-order valence-corrected chi connectivity index (χ0v) is 15.2. The standard InChI is InChI=1S/C21H23NO4/c1-4-25-18-11-8-17(9-12-18)10-13-20(24)26-14-19(23)22-21-15(2)6-5-7-16(21)3/h5-13H,4,14H2,1-3H3,(H,22,23)/b13-10+. The number of ether oxygens (including phenoxy) is 2. The van der Waals surface area contributed by atoms with E-state index in [-0.39, 0.29) is 12.5 Å². The summed E-state index contributed by atoms with van der Waals surface area (Å²) in [6, 6.07) is 13.1. The lowest BCUT2D eigenvalue weighted by Crippen LogP contribution is -2.21. The van der Waals surface area contributed by atoms with Crippen LogP contribution in [-0.2, 0) is 14.3 Å². The fourth-order valence-electron chi connectivity index (χ4n) is 2.38. The number of carbonyl (C=O) groups excluding carboxylic acids is 2. The highest BCUT2D eigenvalue weighted by Crippen LogP contribution is 2.19. The van der Waals surface area contributed by atoms with Crippen molar-refractivity contribution in [2.45, 2.75) is 20.8 Å². The summed E-state index contributed by atoms with van der Waals surface area (Å²) < 4.78 is 10.3. The Balaban J connectivity index is 1.83. The van der Waals surface area contributed by atoms with E-state index in [0.717, 1.165) is 28.1 Å². The van der Waals surface area contributed by atoms with Gasteiger partial charge in [-0.15, -0.1) is 0 Å². The molecule has 0 fully saturated rings. The fourth-order valence-corrected chi connectivity index (χ4v) is 2.38. The highest BCUT2D eigenvalue weighted by molar-refractivity contribution is 5.95. The van der Waals surface area contributed by atoms with Crippen molar-refractivity contribution < 1.29 is 19.1 Å². The Hall–Kier alpha value is -3.08. The molecule has 0 aliphatic carbocycles. The topological polar surface area (TPSA) is 64.6 Å². The molecule has 5 nitrogen and oxygen atoms in total. The quantitative estimate of drug-likeness (QED) is 0.606. The molecule has 0 saturated carbocycles. The molecule has 0 unspecified atom stereocenters. The summed E-state index contributed by atoms with van der Waals surface area (Å²) >= 11 is 0. The number of aryl methyl sites for hydroxylation is 2.